The first-order valence-corrected chi connectivity index (χ1v) is 6.57. The lowest BCUT2D eigenvalue weighted by Gasteiger charge is -2.16. The molecule has 0 bridgehead atoms. The van der Waals surface area contributed by atoms with E-state index >= 15 is 0 Å². The quantitative estimate of drug-likeness (QED) is 0.480. The molecule has 1 aromatic rings. The van der Waals surface area contributed by atoms with Gasteiger partial charge in [0.2, 0.25) is 0 Å². The molecule has 18 heavy (non-hydrogen) atoms. The second-order valence-corrected chi connectivity index (χ2v) is 5.14. The average Bonchev–Trinajstić information content (AvgIpc) is 2.29. The molecule has 0 aliphatic carbocycles. The fourth-order valence-corrected chi connectivity index (χ4v) is 2.25. The zero-order chi connectivity index (χ0) is 13.7. The predicted octanol–water partition coefficient (Wildman–Crippen LogP) is 4.43. The number of allylic oxidation sites excluding steroid dienone is 1. The van der Waals surface area contributed by atoms with Crippen molar-refractivity contribution in [3.63, 3.8) is 0 Å². The number of benzene rings is 1. The molecule has 0 fully saturated rings. The van der Waals surface area contributed by atoms with E-state index in [4.69, 9.17) is 0 Å². The van der Waals surface area contributed by atoms with Gasteiger partial charge < -0.3 is 5.32 Å². The summed E-state index contributed by atoms with van der Waals surface area (Å²) in [5.74, 6) is 0. The Hall–Kier alpha value is -1.36. The first kappa shape index (κ1) is 14.7. The largest absolute Gasteiger partial charge is 0.381 e. The van der Waals surface area contributed by atoms with Crippen LogP contribution < -0.4 is 5.32 Å². The molecule has 0 amide bonds. The molecule has 0 aliphatic heterocycles. The Morgan fingerprint density at radius 1 is 1.61 bits per heavy atom. The molecule has 1 aromatic carbocycles. The van der Waals surface area contributed by atoms with Crippen molar-refractivity contribution in [1.82, 2.24) is 0 Å². The zero-order valence-electron chi connectivity index (χ0n) is 10.6. The van der Waals surface area contributed by atoms with Crippen LogP contribution in [0, 0.1) is 17.0 Å². The van der Waals surface area contributed by atoms with Gasteiger partial charge in [-0.15, -0.1) is 6.58 Å². The number of rotatable bonds is 6. The lowest BCUT2D eigenvalue weighted by atomic mass is 10.1. The van der Waals surface area contributed by atoms with Crippen LogP contribution in [0.25, 0.3) is 0 Å². The summed E-state index contributed by atoms with van der Waals surface area (Å²) in [6.07, 6.45) is 3.72. The molecule has 4 nitrogen and oxygen atoms in total. The number of nitrogens with one attached hydrogen (secondary N) is 1. The van der Waals surface area contributed by atoms with Crippen LogP contribution in [0.4, 0.5) is 11.4 Å². The molecule has 0 aromatic heterocycles. The molecular weight excluding hydrogens is 296 g/mol. The highest BCUT2D eigenvalue weighted by Crippen LogP contribution is 2.31. The minimum absolute atomic E-state index is 0.136. The van der Waals surface area contributed by atoms with Crippen LogP contribution in [-0.4, -0.2) is 11.0 Å². The van der Waals surface area contributed by atoms with E-state index in [1.807, 2.05) is 13.0 Å². The Balaban J connectivity index is 2.91. The van der Waals surface area contributed by atoms with Crippen molar-refractivity contribution in [1.29, 1.82) is 0 Å². The highest BCUT2D eigenvalue weighted by molar-refractivity contribution is 9.10. The third-order valence-corrected chi connectivity index (χ3v) is 3.34. The third-order valence-electron chi connectivity index (χ3n) is 2.69. The fraction of sp³-hybridized carbons (Fsp3) is 0.385. The number of nitrogens with zero attached hydrogens (tertiary/aromatic N) is 1. The normalized spacial score (nSPS) is 11.9. The summed E-state index contributed by atoms with van der Waals surface area (Å²) >= 11 is 3.42. The van der Waals surface area contributed by atoms with Gasteiger partial charge in [-0.3, -0.25) is 10.1 Å². The van der Waals surface area contributed by atoms with Crippen molar-refractivity contribution in [2.75, 3.05) is 5.32 Å². The summed E-state index contributed by atoms with van der Waals surface area (Å²) in [5.41, 5.74) is 1.54. The van der Waals surface area contributed by atoms with Crippen LogP contribution in [0.1, 0.15) is 25.3 Å². The van der Waals surface area contributed by atoms with Crippen LogP contribution in [-0.2, 0) is 0 Å². The van der Waals surface area contributed by atoms with E-state index in [-0.39, 0.29) is 16.7 Å². The van der Waals surface area contributed by atoms with Gasteiger partial charge in [-0.1, -0.05) is 6.08 Å². The van der Waals surface area contributed by atoms with Crippen LogP contribution in [0.2, 0.25) is 0 Å². The monoisotopic (exact) mass is 312 g/mol. The van der Waals surface area contributed by atoms with Gasteiger partial charge in [-0.2, -0.15) is 0 Å². The first-order valence-electron chi connectivity index (χ1n) is 5.77. The topological polar surface area (TPSA) is 55.2 Å². The summed E-state index contributed by atoms with van der Waals surface area (Å²) in [6, 6.07) is 3.58. The molecule has 1 rings (SSSR count). The van der Waals surface area contributed by atoms with Crippen molar-refractivity contribution >= 4 is 27.3 Å². The zero-order valence-corrected chi connectivity index (χ0v) is 12.2. The van der Waals surface area contributed by atoms with E-state index < -0.39 is 0 Å². The van der Waals surface area contributed by atoms with Gasteiger partial charge >= 0.3 is 0 Å². The number of halogens is 1. The summed E-state index contributed by atoms with van der Waals surface area (Å²) in [4.78, 5) is 10.5. The Labute approximate surface area is 115 Å². The van der Waals surface area contributed by atoms with Crippen molar-refractivity contribution in [2.24, 2.45) is 0 Å². The first-order chi connectivity index (χ1) is 8.45. The van der Waals surface area contributed by atoms with Gasteiger partial charge in [0.1, 0.15) is 0 Å². The van der Waals surface area contributed by atoms with Gasteiger partial charge in [-0.05, 0) is 48.7 Å². The second-order valence-electron chi connectivity index (χ2n) is 4.29. The highest BCUT2D eigenvalue weighted by atomic mass is 79.9. The highest BCUT2D eigenvalue weighted by Gasteiger charge is 2.15. The molecule has 0 saturated heterocycles. The van der Waals surface area contributed by atoms with Crippen LogP contribution in [0.15, 0.2) is 29.3 Å². The Morgan fingerprint density at radius 2 is 2.28 bits per heavy atom. The molecule has 0 spiro atoms. The molecule has 1 N–H and O–H groups in total. The number of hydrogen-bond donors (Lipinski definition) is 1. The standard InChI is InChI=1S/C13H17BrN2O2/c1-4-5-6-10(3)15-12-8-13(16(17)18)9(2)7-11(12)14/h4,7-8,10,15H,1,5-6H2,2-3H3. The van der Waals surface area contributed by atoms with Crippen molar-refractivity contribution in [3.8, 4) is 0 Å². The van der Waals surface area contributed by atoms with E-state index in [1.165, 1.54) is 0 Å². The van der Waals surface area contributed by atoms with Crippen molar-refractivity contribution in [2.45, 2.75) is 32.7 Å². The summed E-state index contributed by atoms with van der Waals surface area (Å²) < 4.78 is 0.844. The van der Waals surface area contributed by atoms with E-state index in [0.29, 0.717) is 5.56 Å². The fourth-order valence-electron chi connectivity index (χ4n) is 1.67. The van der Waals surface area contributed by atoms with Crippen LogP contribution in [0.5, 0.6) is 0 Å². The molecule has 5 heteroatoms. The maximum absolute atomic E-state index is 10.9. The Morgan fingerprint density at radius 3 is 2.83 bits per heavy atom. The van der Waals surface area contributed by atoms with Crippen molar-refractivity contribution in [3.05, 3.63) is 44.9 Å². The van der Waals surface area contributed by atoms with Gasteiger partial charge in [0.05, 0.1) is 10.6 Å². The van der Waals surface area contributed by atoms with Crippen LogP contribution >= 0.6 is 15.9 Å². The Kier molecular flexibility index (Phi) is 5.34. The number of aryl methyl sites for hydroxylation is 1. The molecule has 0 aliphatic rings. The number of nitro benzene ring substituents is 1. The number of nitro groups is 1. The maximum atomic E-state index is 10.9. The summed E-state index contributed by atoms with van der Waals surface area (Å²) in [7, 11) is 0. The SMILES string of the molecule is C=CCCC(C)Nc1cc([N+](=O)[O-])c(C)cc1Br. The Bertz CT molecular complexity index is 461. The third kappa shape index (κ3) is 3.84. The minimum atomic E-state index is -0.360. The molecule has 1 atom stereocenters. The van der Waals surface area contributed by atoms with E-state index in [0.717, 1.165) is 23.0 Å². The minimum Gasteiger partial charge on any atom is -0.381 e. The molecule has 1 unspecified atom stereocenters. The summed E-state index contributed by atoms with van der Waals surface area (Å²) in [5, 5.41) is 14.2. The number of hydrogen-bond acceptors (Lipinski definition) is 3. The maximum Gasteiger partial charge on any atom is 0.274 e. The van der Waals surface area contributed by atoms with E-state index in [1.54, 1.807) is 19.1 Å². The predicted molar refractivity (Wildman–Crippen MR) is 78.0 cm³/mol. The second kappa shape index (κ2) is 6.54. The average molecular weight is 313 g/mol. The van der Waals surface area contributed by atoms with Crippen LogP contribution in [0.3, 0.4) is 0 Å². The van der Waals surface area contributed by atoms with E-state index in [9.17, 15) is 10.1 Å². The van der Waals surface area contributed by atoms with E-state index in [2.05, 4.69) is 27.8 Å². The summed E-state index contributed by atoms with van der Waals surface area (Å²) in [6.45, 7) is 7.45. The molecular formula is C13H17BrN2O2. The van der Waals surface area contributed by atoms with Crippen molar-refractivity contribution < 1.29 is 4.92 Å². The van der Waals surface area contributed by atoms with Gasteiger partial charge in [0.15, 0.2) is 0 Å². The smallest absolute Gasteiger partial charge is 0.274 e. The lowest BCUT2D eigenvalue weighted by Crippen LogP contribution is -2.15. The molecule has 0 heterocycles. The molecule has 98 valence electrons. The van der Waals surface area contributed by atoms with Gasteiger partial charge in [0.25, 0.3) is 5.69 Å². The molecule has 0 saturated carbocycles. The number of anilines is 1. The lowest BCUT2D eigenvalue weighted by molar-refractivity contribution is -0.385. The molecule has 0 radical (unpaired) electrons. The van der Waals surface area contributed by atoms with Gasteiger partial charge in [-0.25, -0.2) is 0 Å². The van der Waals surface area contributed by atoms with Gasteiger partial charge in [0, 0.05) is 22.1 Å².